The summed E-state index contributed by atoms with van der Waals surface area (Å²) in [5, 5.41) is 2.65. The quantitative estimate of drug-likeness (QED) is 0.889. The Hall–Kier alpha value is -2.21. The molecule has 108 valence electrons. The van der Waals surface area contributed by atoms with Gasteiger partial charge in [-0.2, -0.15) is 0 Å². The van der Waals surface area contributed by atoms with Crippen molar-refractivity contribution in [2.45, 2.75) is 6.42 Å². The molecule has 0 radical (unpaired) electrons. The van der Waals surface area contributed by atoms with E-state index in [2.05, 4.69) is 21.2 Å². The van der Waals surface area contributed by atoms with Gasteiger partial charge in [0, 0.05) is 11.3 Å². The van der Waals surface area contributed by atoms with Crippen LogP contribution in [0.2, 0.25) is 0 Å². The largest absolute Gasteiger partial charge is 0.369 e. The number of hydrogen-bond donors (Lipinski definition) is 2. The molecule has 0 bridgehead atoms. The third kappa shape index (κ3) is 4.13. The zero-order chi connectivity index (χ0) is 15.4. The van der Waals surface area contributed by atoms with Gasteiger partial charge in [0.25, 0.3) is 5.91 Å². The fraction of sp³-hybridized carbons (Fsp3) is 0.0667. The van der Waals surface area contributed by atoms with Gasteiger partial charge in [0.05, 0.1) is 10.9 Å². The number of amides is 2. The van der Waals surface area contributed by atoms with Crippen LogP contribution in [0.4, 0.5) is 10.1 Å². The van der Waals surface area contributed by atoms with E-state index in [1.807, 2.05) is 0 Å². The number of benzene rings is 2. The molecule has 0 saturated carbocycles. The van der Waals surface area contributed by atoms with Gasteiger partial charge in [-0.1, -0.05) is 12.1 Å². The summed E-state index contributed by atoms with van der Waals surface area (Å²) < 4.78 is 13.7. The lowest BCUT2D eigenvalue weighted by atomic mass is 10.1. The third-order valence-electron chi connectivity index (χ3n) is 2.77. The topological polar surface area (TPSA) is 72.2 Å². The van der Waals surface area contributed by atoms with Crippen LogP contribution in [0.5, 0.6) is 0 Å². The van der Waals surface area contributed by atoms with Gasteiger partial charge in [0.1, 0.15) is 5.82 Å². The molecule has 4 nitrogen and oxygen atoms in total. The van der Waals surface area contributed by atoms with Crippen LogP contribution in [0.3, 0.4) is 0 Å². The van der Waals surface area contributed by atoms with E-state index < -0.39 is 17.6 Å². The second kappa shape index (κ2) is 6.49. The number of carbonyl (C=O) groups excluding carboxylic acids is 2. The minimum atomic E-state index is -0.501. The summed E-state index contributed by atoms with van der Waals surface area (Å²) in [7, 11) is 0. The van der Waals surface area contributed by atoms with Gasteiger partial charge in [-0.25, -0.2) is 4.39 Å². The molecule has 2 aromatic rings. The first-order chi connectivity index (χ1) is 9.95. The summed E-state index contributed by atoms with van der Waals surface area (Å²) in [5.41, 5.74) is 6.63. The number of nitrogens with one attached hydrogen (secondary N) is 1. The Morgan fingerprint density at radius 1 is 1.14 bits per heavy atom. The van der Waals surface area contributed by atoms with Gasteiger partial charge in [-0.05, 0) is 51.8 Å². The molecule has 21 heavy (non-hydrogen) atoms. The van der Waals surface area contributed by atoms with E-state index in [0.717, 1.165) is 11.6 Å². The van der Waals surface area contributed by atoms with Crippen LogP contribution in [0.25, 0.3) is 0 Å². The Morgan fingerprint density at radius 3 is 2.38 bits per heavy atom. The normalized spacial score (nSPS) is 10.2. The first kappa shape index (κ1) is 15.2. The fourth-order valence-corrected chi connectivity index (χ4v) is 1.99. The maximum absolute atomic E-state index is 13.4. The highest BCUT2D eigenvalue weighted by Gasteiger charge is 2.09. The minimum Gasteiger partial charge on any atom is -0.369 e. The molecule has 0 aliphatic rings. The molecule has 0 unspecified atom stereocenters. The van der Waals surface area contributed by atoms with Gasteiger partial charge in [-0.15, -0.1) is 0 Å². The lowest BCUT2D eigenvalue weighted by Crippen LogP contribution is -2.14. The van der Waals surface area contributed by atoms with Crippen molar-refractivity contribution in [2.24, 2.45) is 5.73 Å². The van der Waals surface area contributed by atoms with Crippen molar-refractivity contribution >= 4 is 33.4 Å². The van der Waals surface area contributed by atoms with Gasteiger partial charge in [0.2, 0.25) is 5.91 Å². The summed E-state index contributed by atoms with van der Waals surface area (Å²) >= 11 is 3.03. The standard InChI is InChI=1S/C15H12BrFN2O2/c16-12-6-3-10(8-13(12)17)15(21)19-11-4-1-9(2-5-11)7-14(18)20/h1-6,8H,7H2,(H2,18,20)(H,19,21). The van der Waals surface area contributed by atoms with Gasteiger partial charge in [0.15, 0.2) is 0 Å². The van der Waals surface area contributed by atoms with E-state index in [0.29, 0.717) is 10.2 Å². The van der Waals surface area contributed by atoms with E-state index in [4.69, 9.17) is 5.73 Å². The lowest BCUT2D eigenvalue weighted by Gasteiger charge is -2.07. The summed E-state index contributed by atoms with van der Waals surface area (Å²) in [6.07, 6.45) is 0.145. The Morgan fingerprint density at radius 2 is 1.81 bits per heavy atom. The van der Waals surface area contributed by atoms with E-state index >= 15 is 0 Å². The second-order valence-electron chi connectivity index (χ2n) is 4.42. The Kier molecular flexibility index (Phi) is 4.70. The minimum absolute atomic E-state index is 0.145. The van der Waals surface area contributed by atoms with Crippen molar-refractivity contribution in [2.75, 3.05) is 5.32 Å². The second-order valence-corrected chi connectivity index (χ2v) is 5.28. The molecule has 0 aliphatic carbocycles. The van der Waals surface area contributed by atoms with Crippen LogP contribution >= 0.6 is 15.9 Å². The molecule has 0 saturated heterocycles. The molecular weight excluding hydrogens is 339 g/mol. The Balaban J connectivity index is 2.08. The van der Waals surface area contributed by atoms with Crippen LogP contribution in [0.1, 0.15) is 15.9 Å². The van der Waals surface area contributed by atoms with Crippen molar-refractivity contribution in [3.8, 4) is 0 Å². The first-order valence-electron chi connectivity index (χ1n) is 6.09. The number of carbonyl (C=O) groups is 2. The monoisotopic (exact) mass is 350 g/mol. The van der Waals surface area contributed by atoms with Crippen LogP contribution < -0.4 is 11.1 Å². The summed E-state index contributed by atoms with van der Waals surface area (Å²) in [6, 6.07) is 10.9. The average Bonchev–Trinajstić information content (AvgIpc) is 2.43. The molecule has 2 aromatic carbocycles. The molecule has 0 heterocycles. The molecular formula is C15H12BrFN2O2. The number of rotatable bonds is 4. The third-order valence-corrected chi connectivity index (χ3v) is 3.42. The SMILES string of the molecule is NC(=O)Cc1ccc(NC(=O)c2ccc(Br)c(F)c2)cc1. The Bertz CT molecular complexity index is 687. The van der Waals surface area contributed by atoms with E-state index in [1.165, 1.54) is 12.1 Å². The van der Waals surface area contributed by atoms with Crippen molar-refractivity contribution in [1.82, 2.24) is 0 Å². The highest BCUT2D eigenvalue weighted by Crippen LogP contribution is 2.18. The molecule has 2 rings (SSSR count). The van der Waals surface area contributed by atoms with Crippen LogP contribution in [0.15, 0.2) is 46.9 Å². The van der Waals surface area contributed by atoms with Crippen molar-refractivity contribution in [1.29, 1.82) is 0 Å². The predicted molar refractivity (Wildman–Crippen MR) is 81.4 cm³/mol. The highest BCUT2D eigenvalue weighted by atomic mass is 79.9. The number of halogens is 2. The van der Waals surface area contributed by atoms with Crippen molar-refractivity contribution in [3.63, 3.8) is 0 Å². The first-order valence-corrected chi connectivity index (χ1v) is 6.88. The maximum atomic E-state index is 13.4. The Labute approximate surface area is 129 Å². The predicted octanol–water partition coefficient (Wildman–Crippen LogP) is 2.87. The molecule has 0 aliphatic heterocycles. The van der Waals surface area contributed by atoms with Crippen molar-refractivity contribution in [3.05, 3.63) is 63.9 Å². The molecule has 3 N–H and O–H groups in total. The van der Waals surface area contributed by atoms with Gasteiger partial charge < -0.3 is 11.1 Å². The summed E-state index contributed by atoms with van der Waals surface area (Å²) in [4.78, 5) is 22.8. The van der Waals surface area contributed by atoms with E-state index in [9.17, 15) is 14.0 Å². The zero-order valence-corrected chi connectivity index (χ0v) is 12.5. The van der Waals surface area contributed by atoms with Crippen LogP contribution in [-0.4, -0.2) is 11.8 Å². The molecule has 0 spiro atoms. The smallest absolute Gasteiger partial charge is 0.255 e. The molecule has 0 fully saturated rings. The average molecular weight is 351 g/mol. The van der Waals surface area contributed by atoms with Gasteiger partial charge >= 0.3 is 0 Å². The number of nitrogens with two attached hydrogens (primary N) is 1. The fourth-order valence-electron chi connectivity index (χ4n) is 1.75. The number of anilines is 1. The summed E-state index contributed by atoms with van der Waals surface area (Å²) in [5.74, 6) is -1.33. The molecule has 0 aromatic heterocycles. The van der Waals surface area contributed by atoms with Crippen molar-refractivity contribution < 1.29 is 14.0 Å². The molecule has 2 amide bonds. The highest BCUT2D eigenvalue weighted by molar-refractivity contribution is 9.10. The lowest BCUT2D eigenvalue weighted by molar-refractivity contribution is -0.117. The number of primary amides is 1. The van der Waals surface area contributed by atoms with Crippen LogP contribution in [0, 0.1) is 5.82 Å². The molecule has 6 heteroatoms. The zero-order valence-electron chi connectivity index (χ0n) is 10.9. The van der Waals surface area contributed by atoms with Gasteiger partial charge in [-0.3, -0.25) is 9.59 Å². The van der Waals surface area contributed by atoms with E-state index in [1.54, 1.807) is 24.3 Å². The summed E-state index contributed by atoms with van der Waals surface area (Å²) in [6.45, 7) is 0. The molecule has 0 atom stereocenters. The maximum Gasteiger partial charge on any atom is 0.255 e. The number of hydrogen-bond acceptors (Lipinski definition) is 2. The van der Waals surface area contributed by atoms with Crippen LogP contribution in [-0.2, 0) is 11.2 Å². The van der Waals surface area contributed by atoms with E-state index in [-0.39, 0.29) is 12.0 Å².